The largest absolute Gasteiger partial charge is 0.347 e. The summed E-state index contributed by atoms with van der Waals surface area (Å²) in [5.41, 5.74) is 3.55. The van der Waals surface area contributed by atoms with Gasteiger partial charge in [-0.15, -0.1) is 0 Å². The van der Waals surface area contributed by atoms with Gasteiger partial charge in [-0.25, -0.2) is 0 Å². The minimum Gasteiger partial charge on any atom is -0.347 e. The summed E-state index contributed by atoms with van der Waals surface area (Å²) in [6.45, 7) is 6.17. The molecule has 2 amide bonds. The van der Waals surface area contributed by atoms with Gasteiger partial charge < -0.3 is 10.2 Å². The van der Waals surface area contributed by atoms with Gasteiger partial charge in [-0.1, -0.05) is 72.3 Å². The first-order valence-electron chi connectivity index (χ1n) is 10.9. The van der Waals surface area contributed by atoms with Gasteiger partial charge in [0, 0.05) is 32.7 Å². The van der Waals surface area contributed by atoms with E-state index >= 15 is 0 Å². The van der Waals surface area contributed by atoms with Crippen LogP contribution in [0, 0.1) is 6.92 Å². The number of hydrogen-bond donors (Lipinski definition) is 1. The van der Waals surface area contributed by atoms with Gasteiger partial charge >= 0.3 is 0 Å². The molecule has 1 fully saturated rings. The highest BCUT2D eigenvalue weighted by molar-refractivity contribution is 5.91. The van der Waals surface area contributed by atoms with Crippen molar-refractivity contribution in [2.75, 3.05) is 32.7 Å². The van der Waals surface area contributed by atoms with Crippen molar-refractivity contribution in [2.45, 2.75) is 19.9 Å². The maximum absolute atomic E-state index is 12.6. The Morgan fingerprint density at radius 3 is 2.45 bits per heavy atom. The van der Waals surface area contributed by atoms with E-state index < -0.39 is 0 Å². The van der Waals surface area contributed by atoms with Crippen LogP contribution in [-0.4, -0.2) is 54.3 Å². The van der Waals surface area contributed by atoms with E-state index in [0.29, 0.717) is 13.1 Å². The first-order valence-corrected chi connectivity index (χ1v) is 10.9. The molecule has 160 valence electrons. The zero-order chi connectivity index (χ0) is 21.6. The van der Waals surface area contributed by atoms with E-state index in [1.54, 1.807) is 0 Å². The molecule has 0 aromatic heterocycles. The van der Waals surface area contributed by atoms with Gasteiger partial charge in [-0.3, -0.25) is 14.5 Å². The lowest BCUT2D eigenvalue weighted by atomic mass is 10.0. The van der Waals surface area contributed by atoms with E-state index in [2.05, 4.69) is 41.4 Å². The van der Waals surface area contributed by atoms with Crippen LogP contribution in [0.3, 0.4) is 0 Å². The lowest BCUT2D eigenvalue weighted by molar-refractivity contribution is -0.134. The van der Waals surface area contributed by atoms with Gasteiger partial charge in [-0.05, 0) is 28.8 Å². The minimum atomic E-state index is -0.122. The Bertz CT molecular complexity index is 1070. The maximum Gasteiger partial charge on any atom is 0.242 e. The molecular weight excluding hydrogens is 386 g/mol. The molecule has 1 aliphatic heterocycles. The molecule has 1 aliphatic rings. The molecule has 0 aliphatic carbocycles. The van der Waals surface area contributed by atoms with E-state index in [-0.39, 0.29) is 24.8 Å². The van der Waals surface area contributed by atoms with Crippen LogP contribution in [0.4, 0.5) is 0 Å². The van der Waals surface area contributed by atoms with E-state index in [0.717, 1.165) is 36.0 Å². The number of piperazine rings is 1. The first-order chi connectivity index (χ1) is 15.1. The fourth-order valence-corrected chi connectivity index (χ4v) is 4.19. The normalized spacial score (nSPS) is 14.5. The summed E-state index contributed by atoms with van der Waals surface area (Å²) in [5.74, 6) is -0.135. The Morgan fingerprint density at radius 1 is 0.903 bits per heavy atom. The number of carbonyl (C=O) groups excluding carboxylic acids is 2. The predicted molar refractivity (Wildman–Crippen MR) is 124 cm³/mol. The molecule has 5 nitrogen and oxygen atoms in total. The molecule has 0 radical (unpaired) electrons. The summed E-state index contributed by atoms with van der Waals surface area (Å²) >= 11 is 0. The number of aryl methyl sites for hydroxylation is 1. The monoisotopic (exact) mass is 415 g/mol. The third-order valence-electron chi connectivity index (χ3n) is 5.88. The summed E-state index contributed by atoms with van der Waals surface area (Å²) in [7, 11) is 0. The fraction of sp³-hybridized carbons (Fsp3) is 0.308. The molecule has 1 saturated heterocycles. The third-order valence-corrected chi connectivity index (χ3v) is 5.88. The van der Waals surface area contributed by atoms with Crippen LogP contribution in [0.25, 0.3) is 10.8 Å². The van der Waals surface area contributed by atoms with Crippen molar-refractivity contribution in [2.24, 2.45) is 0 Å². The van der Waals surface area contributed by atoms with Crippen LogP contribution in [0.2, 0.25) is 0 Å². The van der Waals surface area contributed by atoms with E-state index in [1.807, 2.05) is 47.4 Å². The van der Waals surface area contributed by atoms with Crippen molar-refractivity contribution in [3.8, 4) is 0 Å². The zero-order valence-electron chi connectivity index (χ0n) is 18.0. The van der Waals surface area contributed by atoms with Crippen molar-refractivity contribution in [3.63, 3.8) is 0 Å². The lowest BCUT2D eigenvalue weighted by Crippen LogP contribution is -2.50. The van der Waals surface area contributed by atoms with Crippen molar-refractivity contribution >= 4 is 22.6 Å². The van der Waals surface area contributed by atoms with Crippen molar-refractivity contribution in [1.29, 1.82) is 0 Å². The van der Waals surface area contributed by atoms with Crippen LogP contribution in [-0.2, 0) is 22.6 Å². The number of fused-ring (bicyclic) bond motifs is 1. The highest BCUT2D eigenvalue weighted by Gasteiger charge is 2.21. The number of nitrogens with one attached hydrogen (secondary N) is 1. The SMILES string of the molecule is Cc1cccc(CN2CCN(C(=O)CNC(=O)Cc3cccc4ccccc34)CC2)c1. The fourth-order valence-electron chi connectivity index (χ4n) is 4.19. The Kier molecular flexibility index (Phi) is 6.63. The Labute approximate surface area is 183 Å². The van der Waals surface area contributed by atoms with Crippen LogP contribution >= 0.6 is 0 Å². The first kappa shape index (κ1) is 21.1. The van der Waals surface area contributed by atoms with Crippen molar-refractivity contribution < 1.29 is 9.59 Å². The number of benzene rings is 3. The number of carbonyl (C=O) groups is 2. The van der Waals surface area contributed by atoms with Crippen molar-refractivity contribution in [3.05, 3.63) is 83.4 Å². The van der Waals surface area contributed by atoms with Crippen LogP contribution in [0.1, 0.15) is 16.7 Å². The molecule has 0 saturated carbocycles. The van der Waals surface area contributed by atoms with Crippen LogP contribution < -0.4 is 5.32 Å². The molecule has 1 N–H and O–H groups in total. The van der Waals surface area contributed by atoms with Crippen molar-refractivity contribution in [1.82, 2.24) is 15.1 Å². The second kappa shape index (κ2) is 9.75. The van der Waals surface area contributed by atoms with Crippen LogP contribution in [0.15, 0.2) is 66.7 Å². The van der Waals surface area contributed by atoms with E-state index in [1.165, 1.54) is 11.1 Å². The maximum atomic E-state index is 12.6. The quantitative estimate of drug-likeness (QED) is 0.673. The number of amides is 2. The molecule has 0 spiro atoms. The van der Waals surface area contributed by atoms with Gasteiger partial charge in [0.05, 0.1) is 13.0 Å². The topological polar surface area (TPSA) is 52.6 Å². The molecule has 4 rings (SSSR count). The summed E-state index contributed by atoms with van der Waals surface area (Å²) in [4.78, 5) is 29.2. The molecule has 3 aromatic carbocycles. The molecule has 1 heterocycles. The van der Waals surface area contributed by atoms with E-state index in [4.69, 9.17) is 0 Å². The average molecular weight is 416 g/mol. The smallest absolute Gasteiger partial charge is 0.242 e. The average Bonchev–Trinajstić information content (AvgIpc) is 2.78. The Hall–Kier alpha value is -3.18. The van der Waals surface area contributed by atoms with Crippen LogP contribution in [0.5, 0.6) is 0 Å². The molecule has 0 bridgehead atoms. The highest BCUT2D eigenvalue weighted by atomic mass is 16.2. The molecule has 31 heavy (non-hydrogen) atoms. The minimum absolute atomic E-state index is 0.0125. The number of rotatable bonds is 6. The standard InChI is InChI=1S/C26H29N3O2/c1-20-6-4-7-21(16-20)19-28-12-14-29(15-13-28)26(31)18-27-25(30)17-23-10-5-9-22-8-2-3-11-24(22)23/h2-11,16H,12-15,17-19H2,1H3,(H,27,30). The second-order valence-corrected chi connectivity index (χ2v) is 8.24. The zero-order valence-corrected chi connectivity index (χ0v) is 18.0. The molecule has 5 heteroatoms. The van der Waals surface area contributed by atoms with E-state index in [9.17, 15) is 9.59 Å². The van der Waals surface area contributed by atoms with Gasteiger partial charge in [0.15, 0.2) is 0 Å². The molecular formula is C26H29N3O2. The summed E-state index contributed by atoms with van der Waals surface area (Å²) in [6.07, 6.45) is 0.277. The third kappa shape index (κ3) is 5.50. The molecule has 0 atom stereocenters. The highest BCUT2D eigenvalue weighted by Crippen LogP contribution is 2.18. The molecule has 0 unspecified atom stereocenters. The number of hydrogen-bond acceptors (Lipinski definition) is 3. The van der Waals surface area contributed by atoms with Gasteiger partial charge in [0.25, 0.3) is 0 Å². The van der Waals surface area contributed by atoms with Gasteiger partial charge in [0.2, 0.25) is 11.8 Å². The molecule has 3 aromatic rings. The van der Waals surface area contributed by atoms with Gasteiger partial charge in [0.1, 0.15) is 0 Å². The Morgan fingerprint density at radius 2 is 1.65 bits per heavy atom. The summed E-state index contributed by atoms with van der Waals surface area (Å²) in [5, 5.41) is 5.00. The second-order valence-electron chi connectivity index (χ2n) is 8.24. The Balaban J connectivity index is 1.23. The summed E-state index contributed by atoms with van der Waals surface area (Å²) < 4.78 is 0. The lowest BCUT2D eigenvalue weighted by Gasteiger charge is -2.34. The van der Waals surface area contributed by atoms with Gasteiger partial charge in [-0.2, -0.15) is 0 Å². The number of nitrogens with zero attached hydrogens (tertiary/aromatic N) is 2. The predicted octanol–water partition coefficient (Wildman–Crippen LogP) is 3.15. The summed E-state index contributed by atoms with van der Waals surface area (Å²) in [6, 6.07) is 22.6.